The first-order valence-corrected chi connectivity index (χ1v) is 13.6. The molecule has 1 amide bonds. The molecule has 39 heavy (non-hydrogen) atoms. The van der Waals surface area contributed by atoms with Crippen LogP contribution in [0.15, 0.2) is 53.8 Å². The van der Waals surface area contributed by atoms with Gasteiger partial charge in [0, 0.05) is 23.8 Å². The first-order chi connectivity index (χ1) is 18.8. The van der Waals surface area contributed by atoms with E-state index in [2.05, 4.69) is 11.6 Å². The number of unbranched alkanes of at least 4 members (excludes halogenated alkanes) is 1. The number of methoxy groups -OCH3 is 2. The van der Waals surface area contributed by atoms with E-state index in [1.165, 1.54) is 14.2 Å². The number of H-pyrrole nitrogens is 1. The maximum atomic E-state index is 13.8. The van der Waals surface area contributed by atoms with Crippen molar-refractivity contribution >= 4 is 23.1 Å². The Morgan fingerprint density at radius 2 is 1.67 bits per heavy atom. The van der Waals surface area contributed by atoms with Crippen molar-refractivity contribution in [2.24, 2.45) is 0 Å². The van der Waals surface area contributed by atoms with Gasteiger partial charge >= 0.3 is 0 Å². The fourth-order valence-electron chi connectivity index (χ4n) is 4.64. The van der Waals surface area contributed by atoms with Gasteiger partial charge < -0.3 is 24.5 Å². The third kappa shape index (κ3) is 6.66. The lowest BCUT2D eigenvalue weighted by Crippen LogP contribution is -2.36. The molecule has 0 aliphatic rings. The Hall–Kier alpha value is -3.71. The lowest BCUT2D eigenvalue weighted by atomic mass is 9.95. The number of aromatic amines is 1. The number of nitrogens with zero attached hydrogens (tertiary/aromatic N) is 1. The van der Waals surface area contributed by atoms with Gasteiger partial charge in [-0.15, -0.1) is 0 Å². The molecule has 0 aliphatic carbocycles. The normalized spacial score (nSPS) is 10.8. The van der Waals surface area contributed by atoms with Gasteiger partial charge in [0.2, 0.25) is 0 Å². The summed E-state index contributed by atoms with van der Waals surface area (Å²) in [4.78, 5) is 31.6. The number of hydrogen-bond acceptors (Lipinski definition) is 5. The zero-order valence-corrected chi connectivity index (χ0v) is 23.9. The topological polar surface area (TPSA) is 91.9 Å². The first-order valence-electron chi connectivity index (χ1n) is 13.2. The van der Waals surface area contributed by atoms with Crippen LogP contribution in [0.2, 0.25) is 5.02 Å². The Bertz CT molecular complexity index is 1360. The van der Waals surface area contributed by atoms with E-state index >= 15 is 0 Å². The smallest absolute Gasteiger partial charge is 0.264 e. The number of hydrogen-bond donors (Lipinski definition) is 2. The van der Waals surface area contributed by atoms with Crippen LogP contribution in [0.1, 0.15) is 61.1 Å². The molecule has 1 aromatic heterocycles. The lowest BCUT2D eigenvalue weighted by molar-refractivity contribution is 0.0754. The molecule has 0 aliphatic heterocycles. The molecule has 3 rings (SSSR count). The maximum Gasteiger partial charge on any atom is 0.264 e. The van der Waals surface area contributed by atoms with Crippen LogP contribution < -0.4 is 15.0 Å². The van der Waals surface area contributed by atoms with Crippen LogP contribution in [0.25, 0.3) is 16.7 Å². The van der Waals surface area contributed by atoms with E-state index in [4.69, 9.17) is 21.1 Å². The number of amides is 1. The highest BCUT2D eigenvalue weighted by atomic mass is 35.5. The van der Waals surface area contributed by atoms with Crippen molar-refractivity contribution in [1.29, 1.82) is 0 Å². The predicted molar refractivity (Wildman–Crippen MR) is 157 cm³/mol. The molecule has 0 fully saturated rings. The first kappa shape index (κ1) is 29.8. The predicted octanol–water partition coefficient (Wildman–Crippen LogP) is 6.72. The van der Waals surface area contributed by atoms with Crippen LogP contribution in [-0.2, 0) is 6.42 Å². The molecule has 0 bridgehead atoms. The minimum atomic E-state index is -0.632. The second kappa shape index (κ2) is 13.9. The third-order valence-corrected chi connectivity index (χ3v) is 6.99. The quantitative estimate of drug-likeness (QED) is 0.246. The zero-order chi connectivity index (χ0) is 28.5. The zero-order valence-electron chi connectivity index (χ0n) is 23.1. The van der Waals surface area contributed by atoms with Gasteiger partial charge in [-0.2, -0.15) is 0 Å². The number of rotatable bonds is 13. The second-order valence-corrected chi connectivity index (χ2v) is 9.71. The molecular weight excluding hydrogens is 516 g/mol. The number of pyridine rings is 1. The minimum Gasteiger partial charge on any atom is -0.506 e. The molecule has 2 aromatic carbocycles. The summed E-state index contributed by atoms with van der Waals surface area (Å²) in [6.45, 7) is 8.85. The molecule has 0 unspecified atom stereocenters. The van der Waals surface area contributed by atoms with Crippen molar-refractivity contribution in [3.8, 4) is 28.4 Å². The van der Waals surface area contributed by atoms with Crippen LogP contribution >= 0.6 is 11.6 Å². The van der Waals surface area contributed by atoms with Crippen LogP contribution in [0.3, 0.4) is 0 Å². The molecule has 0 radical (unpaired) electrons. The van der Waals surface area contributed by atoms with Gasteiger partial charge in [-0.3, -0.25) is 9.59 Å². The van der Waals surface area contributed by atoms with Gasteiger partial charge in [0.05, 0.1) is 25.3 Å². The highest BCUT2D eigenvalue weighted by Gasteiger charge is 2.29. The van der Waals surface area contributed by atoms with Gasteiger partial charge in [-0.25, -0.2) is 0 Å². The molecule has 8 heteroatoms. The van der Waals surface area contributed by atoms with Crippen LogP contribution in [-0.4, -0.2) is 48.2 Å². The largest absolute Gasteiger partial charge is 0.506 e. The Labute approximate surface area is 235 Å². The molecule has 0 spiro atoms. The number of halogens is 1. The molecule has 2 N–H and O–H groups in total. The summed E-state index contributed by atoms with van der Waals surface area (Å²) in [6.07, 6.45) is 3.28. The van der Waals surface area contributed by atoms with E-state index in [9.17, 15) is 14.7 Å². The summed E-state index contributed by atoms with van der Waals surface area (Å²) in [5, 5.41) is 12.2. The van der Waals surface area contributed by atoms with Gasteiger partial charge in [0.1, 0.15) is 22.8 Å². The summed E-state index contributed by atoms with van der Waals surface area (Å²) < 4.78 is 11.2. The van der Waals surface area contributed by atoms with Crippen molar-refractivity contribution < 1.29 is 19.4 Å². The van der Waals surface area contributed by atoms with Crippen molar-refractivity contribution in [3.63, 3.8) is 0 Å². The number of aryl methyl sites for hydroxylation is 1. The Kier molecular flexibility index (Phi) is 10.6. The number of aromatic nitrogens is 1. The summed E-state index contributed by atoms with van der Waals surface area (Å²) in [7, 11) is 3.04. The van der Waals surface area contributed by atoms with E-state index in [0.717, 1.165) is 24.0 Å². The summed E-state index contributed by atoms with van der Waals surface area (Å²) in [5.74, 6) is -0.0352. The fourth-order valence-corrected chi connectivity index (χ4v) is 4.91. The number of benzene rings is 2. The van der Waals surface area contributed by atoms with E-state index in [0.29, 0.717) is 65.7 Å². The fraction of sp³-hybridized carbons (Fsp3) is 0.355. The summed E-state index contributed by atoms with van der Waals surface area (Å²) in [5.41, 5.74) is 1.98. The highest BCUT2D eigenvalue weighted by molar-refractivity contribution is 6.32. The number of carbonyl (C=O) groups is 1. The average molecular weight is 553 g/mol. The SMILES string of the molecule is C=C(CCN(CCC)C(=O)c1c(O)c(-c2c(OC)cccc2OC)c(CCCC)[nH]c1=O)c1ccccc1Cl. The summed E-state index contributed by atoms with van der Waals surface area (Å²) >= 11 is 6.33. The van der Waals surface area contributed by atoms with Crippen molar-refractivity contribution in [2.45, 2.75) is 46.0 Å². The highest BCUT2D eigenvalue weighted by Crippen LogP contribution is 2.44. The van der Waals surface area contributed by atoms with Gasteiger partial charge in [0.15, 0.2) is 0 Å². The Morgan fingerprint density at radius 1 is 1.00 bits per heavy atom. The second-order valence-electron chi connectivity index (χ2n) is 9.30. The molecule has 7 nitrogen and oxygen atoms in total. The standard InChI is InChI=1S/C31H37ClN2O5/c1-6-8-14-23-26(27-24(38-4)15-11-16-25(27)39-5)29(35)28(30(36)33-23)31(37)34(18-7-2)19-17-20(3)21-12-9-10-13-22(21)32/h9-13,15-16H,3,6-8,14,17-19H2,1-2,4-5H3,(H2,33,35,36). The molecule has 0 saturated carbocycles. The monoisotopic (exact) mass is 552 g/mol. The Balaban J connectivity index is 2.09. The maximum absolute atomic E-state index is 13.8. The van der Waals surface area contributed by atoms with E-state index in [-0.39, 0.29) is 11.3 Å². The molecule has 0 atom stereocenters. The number of ether oxygens (including phenoxy) is 2. The van der Waals surface area contributed by atoms with Gasteiger partial charge in [0.25, 0.3) is 11.5 Å². The van der Waals surface area contributed by atoms with E-state index < -0.39 is 11.5 Å². The van der Waals surface area contributed by atoms with Crippen LogP contribution in [0.5, 0.6) is 17.2 Å². The number of carbonyl (C=O) groups excluding carboxylic acids is 1. The lowest BCUT2D eigenvalue weighted by Gasteiger charge is -2.24. The molecule has 0 saturated heterocycles. The summed E-state index contributed by atoms with van der Waals surface area (Å²) in [6, 6.07) is 12.7. The van der Waals surface area contributed by atoms with Crippen molar-refractivity contribution in [1.82, 2.24) is 9.88 Å². The van der Waals surface area contributed by atoms with Crippen molar-refractivity contribution in [3.05, 3.63) is 81.2 Å². The molecule has 208 valence electrons. The molecular formula is C31H37ClN2O5. The number of nitrogens with one attached hydrogen (secondary N) is 1. The van der Waals surface area contributed by atoms with E-state index in [1.807, 2.05) is 32.0 Å². The van der Waals surface area contributed by atoms with Gasteiger partial charge in [-0.05, 0) is 55.0 Å². The molecule has 3 aromatic rings. The number of aromatic hydroxyl groups is 1. The molecule has 1 heterocycles. The van der Waals surface area contributed by atoms with Crippen LogP contribution in [0, 0.1) is 0 Å². The van der Waals surface area contributed by atoms with Gasteiger partial charge in [-0.1, -0.05) is 62.7 Å². The average Bonchev–Trinajstić information content (AvgIpc) is 2.93. The third-order valence-electron chi connectivity index (χ3n) is 6.66. The van der Waals surface area contributed by atoms with E-state index in [1.54, 1.807) is 29.2 Å². The van der Waals surface area contributed by atoms with Crippen LogP contribution in [0.4, 0.5) is 0 Å². The van der Waals surface area contributed by atoms with Crippen molar-refractivity contribution in [2.75, 3.05) is 27.3 Å². The Morgan fingerprint density at radius 3 is 2.26 bits per heavy atom. The minimum absolute atomic E-state index is 0.306.